The van der Waals surface area contributed by atoms with Crippen LogP contribution in [0.25, 0.3) is 0 Å². The summed E-state index contributed by atoms with van der Waals surface area (Å²) >= 11 is 0. The number of aryl methyl sites for hydroxylation is 1. The fourth-order valence-electron chi connectivity index (χ4n) is 3.78. The molecule has 4 heteroatoms. The quantitative estimate of drug-likeness (QED) is 0.810. The molecule has 1 atom stereocenters. The van der Waals surface area contributed by atoms with Crippen molar-refractivity contribution in [1.29, 1.82) is 0 Å². The van der Waals surface area contributed by atoms with Gasteiger partial charge in [0.1, 0.15) is 5.76 Å². The lowest BCUT2D eigenvalue weighted by molar-refractivity contribution is -0.101. The van der Waals surface area contributed by atoms with Crippen LogP contribution in [0.15, 0.2) is 71.2 Å². The molecule has 0 spiro atoms. The second-order valence-electron chi connectivity index (χ2n) is 7.07. The van der Waals surface area contributed by atoms with E-state index in [9.17, 15) is 0 Å². The molecule has 25 heavy (non-hydrogen) atoms. The molecule has 2 aliphatic heterocycles. The van der Waals surface area contributed by atoms with Gasteiger partial charge < -0.3 is 9.68 Å². The summed E-state index contributed by atoms with van der Waals surface area (Å²) in [5.41, 5.74) is 4.94. The molecule has 128 valence electrons. The molecule has 4 aliphatic rings. The molecule has 2 fully saturated rings. The highest BCUT2D eigenvalue weighted by atomic mass is 16.7. The minimum absolute atomic E-state index is 0.271. The van der Waals surface area contributed by atoms with Crippen LogP contribution >= 0.6 is 0 Å². The van der Waals surface area contributed by atoms with Crippen LogP contribution in [-0.4, -0.2) is 24.2 Å². The lowest BCUT2D eigenvalue weighted by Crippen LogP contribution is -2.31. The molecular formula is C21H22N2O2. The van der Waals surface area contributed by atoms with Crippen LogP contribution in [0.1, 0.15) is 24.8 Å². The Labute approximate surface area is 148 Å². The Morgan fingerprint density at radius 2 is 1.68 bits per heavy atom. The van der Waals surface area contributed by atoms with Gasteiger partial charge in [-0.1, -0.05) is 29.8 Å². The third kappa shape index (κ3) is 2.67. The first-order valence-corrected chi connectivity index (χ1v) is 9.04. The van der Waals surface area contributed by atoms with Crippen molar-refractivity contribution in [2.45, 2.75) is 32.2 Å². The van der Waals surface area contributed by atoms with Gasteiger partial charge >= 0.3 is 0 Å². The van der Waals surface area contributed by atoms with Crippen molar-refractivity contribution in [3.8, 4) is 0 Å². The second-order valence-corrected chi connectivity index (χ2v) is 7.07. The molecule has 0 saturated carbocycles. The molecule has 2 aliphatic carbocycles. The zero-order valence-corrected chi connectivity index (χ0v) is 14.4. The Bertz CT molecular complexity index is 795. The number of fused-ring (bicyclic) bond motifs is 2. The Kier molecular flexibility index (Phi) is 3.45. The smallest absolute Gasteiger partial charge is 0.156 e. The van der Waals surface area contributed by atoms with E-state index >= 15 is 0 Å². The molecule has 1 aromatic carbocycles. The normalized spacial score (nSPS) is 25.2. The van der Waals surface area contributed by atoms with Gasteiger partial charge in [-0.05, 0) is 50.5 Å². The number of allylic oxidation sites excluding steroid dienone is 2. The third-order valence-electron chi connectivity index (χ3n) is 5.21. The molecule has 0 aromatic heterocycles. The Morgan fingerprint density at radius 3 is 2.52 bits per heavy atom. The molecule has 1 unspecified atom stereocenters. The average molecular weight is 334 g/mol. The van der Waals surface area contributed by atoms with Crippen molar-refractivity contribution < 1.29 is 9.68 Å². The topological polar surface area (TPSA) is 24.9 Å². The van der Waals surface area contributed by atoms with Crippen LogP contribution < -0.4 is 5.06 Å². The van der Waals surface area contributed by atoms with Crippen molar-refractivity contribution in [2.24, 2.45) is 0 Å². The predicted octanol–water partition coefficient (Wildman–Crippen LogP) is 4.18. The van der Waals surface area contributed by atoms with E-state index in [1.54, 1.807) is 0 Å². The SMILES string of the molecule is Cc1ccc(N2CC3=CC(N4CC5=CCCC=C5O4)CC=C3O2)cc1. The number of nitrogens with zero attached hydrogens (tertiary/aromatic N) is 2. The average Bonchev–Trinajstić information content (AvgIpc) is 3.25. The number of benzene rings is 1. The summed E-state index contributed by atoms with van der Waals surface area (Å²) in [6, 6.07) is 8.73. The fourth-order valence-corrected chi connectivity index (χ4v) is 3.78. The molecule has 2 heterocycles. The van der Waals surface area contributed by atoms with Crippen molar-refractivity contribution in [2.75, 3.05) is 18.2 Å². The van der Waals surface area contributed by atoms with Gasteiger partial charge in [-0.25, -0.2) is 5.06 Å². The maximum atomic E-state index is 6.08. The maximum absolute atomic E-state index is 6.08. The molecule has 2 saturated heterocycles. The van der Waals surface area contributed by atoms with Gasteiger partial charge in [0, 0.05) is 11.1 Å². The first kappa shape index (κ1) is 14.8. The number of hydrogen-bond acceptors (Lipinski definition) is 4. The van der Waals surface area contributed by atoms with E-state index < -0.39 is 0 Å². The lowest BCUT2D eigenvalue weighted by Gasteiger charge is -2.24. The van der Waals surface area contributed by atoms with Gasteiger partial charge in [0.25, 0.3) is 0 Å². The van der Waals surface area contributed by atoms with Gasteiger partial charge in [0.05, 0.1) is 24.8 Å². The van der Waals surface area contributed by atoms with E-state index in [4.69, 9.17) is 9.68 Å². The summed E-state index contributed by atoms with van der Waals surface area (Å²) in [5, 5.41) is 4.08. The molecule has 0 amide bonds. The van der Waals surface area contributed by atoms with Crippen LogP contribution in [0, 0.1) is 6.92 Å². The van der Waals surface area contributed by atoms with Crippen molar-refractivity contribution in [3.63, 3.8) is 0 Å². The van der Waals surface area contributed by atoms with E-state index in [-0.39, 0.29) is 6.04 Å². The molecule has 4 nitrogen and oxygen atoms in total. The Morgan fingerprint density at radius 1 is 0.880 bits per heavy atom. The van der Waals surface area contributed by atoms with E-state index in [1.807, 2.05) is 5.06 Å². The Hall–Kier alpha value is -2.46. The summed E-state index contributed by atoms with van der Waals surface area (Å²) in [7, 11) is 0. The summed E-state index contributed by atoms with van der Waals surface area (Å²) < 4.78 is 0. The second kappa shape index (κ2) is 5.81. The fraction of sp³-hybridized carbons (Fsp3) is 0.333. The van der Waals surface area contributed by atoms with Crippen LogP contribution in [0.2, 0.25) is 0 Å². The minimum Gasteiger partial charge on any atom is -0.405 e. The van der Waals surface area contributed by atoms with Gasteiger partial charge in [-0.15, -0.1) is 5.06 Å². The summed E-state index contributed by atoms with van der Waals surface area (Å²) in [6.45, 7) is 3.76. The molecule has 1 aromatic rings. The highest BCUT2D eigenvalue weighted by Gasteiger charge is 2.34. The summed E-state index contributed by atoms with van der Waals surface area (Å²) in [6.07, 6.45) is 12.2. The first-order chi connectivity index (χ1) is 12.3. The van der Waals surface area contributed by atoms with E-state index in [0.29, 0.717) is 0 Å². The highest BCUT2D eigenvalue weighted by molar-refractivity contribution is 5.52. The number of anilines is 1. The number of hydroxylamine groups is 3. The zero-order chi connectivity index (χ0) is 16.8. The third-order valence-corrected chi connectivity index (χ3v) is 5.21. The van der Waals surface area contributed by atoms with Crippen molar-refractivity contribution >= 4 is 5.69 Å². The van der Waals surface area contributed by atoms with E-state index in [1.165, 1.54) is 16.7 Å². The highest BCUT2D eigenvalue weighted by Crippen LogP contribution is 2.36. The van der Waals surface area contributed by atoms with Crippen molar-refractivity contribution in [3.05, 3.63) is 76.8 Å². The lowest BCUT2D eigenvalue weighted by atomic mass is 10.0. The van der Waals surface area contributed by atoms with Crippen LogP contribution in [-0.2, 0) is 9.68 Å². The monoisotopic (exact) mass is 334 g/mol. The van der Waals surface area contributed by atoms with E-state index in [0.717, 1.165) is 49.6 Å². The minimum atomic E-state index is 0.271. The Balaban J connectivity index is 1.33. The van der Waals surface area contributed by atoms with Crippen LogP contribution in [0.4, 0.5) is 5.69 Å². The van der Waals surface area contributed by atoms with Gasteiger partial charge in [0.2, 0.25) is 0 Å². The molecule has 0 bridgehead atoms. The van der Waals surface area contributed by atoms with Gasteiger partial charge in [0.15, 0.2) is 5.76 Å². The number of rotatable bonds is 2. The van der Waals surface area contributed by atoms with Crippen LogP contribution in [0.5, 0.6) is 0 Å². The van der Waals surface area contributed by atoms with Crippen LogP contribution in [0.3, 0.4) is 0 Å². The molecule has 5 rings (SSSR count). The molecular weight excluding hydrogens is 312 g/mol. The molecule has 0 radical (unpaired) electrons. The summed E-state index contributed by atoms with van der Waals surface area (Å²) in [5.74, 6) is 2.05. The predicted molar refractivity (Wildman–Crippen MR) is 97.4 cm³/mol. The standard InChI is InChI=1S/C21H22N2O2/c1-15-6-8-18(9-7-15)22-14-17-12-19(10-11-21(17)25-22)23-13-16-4-2-3-5-20(16)24-23/h4-9,11-12,19H,2-3,10,13-14H2,1H3. The largest absolute Gasteiger partial charge is 0.405 e. The van der Waals surface area contributed by atoms with Crippen molar-refractivity contribution in [1.82, 2.24) is 5.06 Å². The molecule has 0 N–H and O–H groups in total. The van der Waals surface area contributed by atoms with Gasteiger partial charge in [-0.2, -0.15) is 0 Å². The summed E-state index contributed by atoms with van der Waals surface area (Å²) in [4.78, 5) is 12.1. The van der Waals surface area contributed by atoms with E-state index in [2.05, 4.69) is 60.6 Å². The first-order valence-electron chi connectivity index (χ1n) is 9.04. The maximum Gasteiger partial charge on any atom is 0.156 e. The zero-order valence-electron chi connectivity index (χ0n) is 14.4. The number of hydrogen-bond donors (Lipinski definition) is 0. The van der Waals surface area contributed by atoms with Gasteiger partial charge in [-0.3, -0.25) is 0 Å².